The number of ether oxygens (including phenoxy) is 2. The Balaban J connectivity index is 0.00000272. The Labute approximate surface area is 187 Å². The molecule has 3 heterocycles. The van der Waals surface area contributed by atoms with E-state index < -0.39 is 0 Å². The second kappa shape index (κ2) is 10.1. The Hall–Kier alpha value is -3.39. The molecule has 1 N–H and O–H groups in total. The lowest BCUT2D eigenvalue weighted by Gasteiger charge is -2.11. The molecule has 0 unspecified atom stereocenters. The summed E-state index contributed by atoms with van der Waals surface area (Å²) in [6, 6.07) is 9.57. The van der Waals surface area contributed by atoms with E-state index in [-0.39, 0.29) is 12.4 Å². The molecule has 3 aromatic heterocycles. The van der Waals surface area contributed by atoms with Gasteiger partial charge in [-0.25, -0.2) is 4.98 Å². The Kier molecular flexibility index (Phi) is 7.25. The lowest BCUT2D eigenvalue weighted by Crippen LogP contribution is -3.00. The fourth-order valence-electron chi connectivity index (χ4n) is 2.98. The molecule has 162 valence electrons. The highest BCUT2D eigenvalue weighted by molar-refractivity contribution is 5.93. The molecular weight excluding hydrogens is 416 g/mol. The van der Waals surface area contributed by atoms with Crippen molar-refractivity contribution in [2.24, 2.45) is 7.05 Å². The van der Waals surface area contributed by atoms with Crippen molar-refractivity contribution in [2.45, 2.75) is 26.7 Å². The van der Waals surface area contributed by atoms with E-state index in [1.54, 1.807) is 17.1 Å². The first-order valence-corrected chi connectivity index (χ1v) is 9.92. The second-order valence-corrected chi connectivity index (χ2v) is 7.04. The van der Waals surface area contributed by atoms with E-state index in [4.69, 9.17) is 9.47 Å². The van der Waals surface area contributed by atoms with Crippen LogP contribution in [0.5, 0.6) is 17.4 Å². The summed E-state index contributed by atoms with van der Waals surface area (Å²) < 4.78 is 13.5. The van der Waals surface area contributed by atoms with Crippen molar-refractivity contribution < 1.29 is 21.9 Å². The molecule has 8 nitrogen and oxygen atoms in total. The fourth-order valence-corrected chi connectivity index (χ4v) is 2.98. The minimum absolute atomic E-state index is 0. The van der Waals surface area contributed by atoms with Crippen LogP contribution in [0.1, 0.15) is 25.3 Å². The molecule has 4 rings (SSSR count). The summed E-state index contributed by atoms with van der Waals surface area (Å²) in [5.74, 6) is 3.26. The number of rotatable bonds is 8. The number of halogens is 1. The Morgan fingerprint density at radius 3 is 2.71 bits per heavy atom. The van der Waals surface area contributed by atoms with Crippen molar-refractivity contribution in [1.29, 1.82) is 0 Å². The lowest BCUT2D eigenvalue weighted by atomic mass is 10.2. The van der Waals surface area contributed by atoms with Crippen molar-refractivity contribution in [1.82, 2.24) is 25.0 Å². The number of hydrogen-bond acceptors (Lipinski definition) is 7. The summed E-state index contributed by atoms with van der Waals surface area (Å²) in [6.07, 6.45) is 7.38. The molecule has 0 bridgehead atoms. The largest absolute Gasteiger partial charge is 1.00 e. The van der Waals surface area contributed by atoms with Gasteiger partial charge in [0.2, 0.25) is 5.88 Å². The van der Waals surface area contributed by atoms with Crippen LogP contribution in [-0.2, 0) is 7.05 Å². The third-order valence-electron chi connectivity index (χ3n) is 4.58. The zero-order valence-electron chi connectivity index (χ0n) is 17.7. The Bertz CT molecular complexity index is 1160. The number of anilines is 2. The molecule has 0 aliphatic carbocycles. The van der Waals surface area contributed by atoms with Gasteiger partial charge in [0.1, 0.15) is 11.5 Å². The maximum absolute atomic E-state index is 6.04. The van der Waals surface area contributed by atoms with Crippen molar-refractivity contribution in [3.63, 3.8) is 0 Å². The summed E-state index contributed by atoms with van der Waals surface area (Å²) in [6.45, 7) is 4.78. The summed E-state index contributed by atoms with van der Waals surface area (Å²) >= 11 is 0. The SMILES string of the molecule is CCCCOc1cnc(Oc2ccc3cnnc(Nc4ccn(C)n4)c3c2)c(C)c1.[Cl-]. The van der Waals surface area contributed by atoms with E-state index in [2.05, 4.69) is 32.5 Å². The zero-order valence-corrected chi connectivity index (χ0v) is 18.4. The Morgan fingerprint density at radius 1 is 1.10 bits per heavy atom. The van der Waals surface area contributed by atoms with Gasteiger partial charge in [-0.15, -0.1) is 5.10 Å². The van der Waals surface area contributed by atoms with Crippen LogP contribution in [0.2, 0.25) is 0 Å². The number of pyridine rings is 1. The van der Waals surface area contributed by atoms with Gasteiger partial charge in [0.25, 0.3) is 0 Å². The molecular formula is C22H24ClN6O2-. The molecule has 4 aromatic rings. The molecule has 0 spiro atoms. The number of nitrogens with one attached hydrogen (secondary N) is 1. The van der Waals surface area contributed by atoms with E-state index in [9.17, 15) is 0 Å². The average Bonchev–Trinajstić information content (AvgIpc) is 3.15. The van der Waals surface area contributed by atoms with Crippen molar-refractivity contribution in [3.05, 3.63) is 54.5 Å². The first-order valence-electron chi connectivity index (χ1n) is 9.92. The van der Waals surface area contributed by atoms with E-state index in [1.165, 1.54) is 0 Å². The zero-order chi connectivity index (χ0) is 20.9. The lowest BCUT2D eigenvalue weighted by molar-refractivity contribution is -0.00000747. The predicted molar refractivity (Wildman–Crippen MR) is 115 cm³/mol. The van der Waals surface area contributed by atoms with Gasteiger partial charge in [-0.05, 0) is 37.6 Å². The van der Waals surface area contributed by atoms with Crippen LogP contribution in [0.3, 0.4) is 0 Å². The number of fused-ring (bicyclic) bond motifs is 1. The van der Waals surface area contributed by atoms with Crippen LogP contribution < -0.4 is 27.2 Å². The maximum Gasteiger partial charge on any atom is 0.222 e. The first-order chi connectivity index (χ1) is 14.6. The summed E-state index contributed by atoms with van der Waals surface area (Å²) in [7, 11) is 1.86. The molecule has 0 saturated carbocycles. The van der Waals surface area contributed by atoms with E-state index in [0.717, 1.165) is 34.9 Å². The Morgan fingerprint density at radius 2 is 1.97 bits per heavy atom. The van der Waals surface area contributed by atoms with Crippen molar-refractivity contribution in [2.75, 3.05) is 11.9 Å². The highest BCUT2D eigenvalue weighted by Crippen LogP contribution is 2.30. The van der Waals surface area contributed by atoms with Gasteiger partial charge in [0, 0.05) is 35.6 Å². The van der Waals surface area contributed by atoms with Crippen molar-refractivity contribution >= 4 is 22.4 Å². The van der Waals surface area contributed by atoms with Gasteiger partial charge in [-0.1, -0.05) is 13.3 Å². The van der Waals surface area contributed by atoms with Crippen LogP contribution in [0.15, 0.2) is 48.9 Å². The first kappa shape index (κ1) is 22.3. The van der Waals surface area contributed by atoms with Crippen LogP contribution in [0.25, 0.3) is 10.8 Å². The van der Waals surface area contributed by atoms with Gasteiger partial charge < -0.3 is 27.2 Å². The molecule has 0 aliphatic heterocycles. The second-order valence-electron chi connectivity index (χ2n) is 7.04. The molecule has 0 radical (unpaired) electrons. The molecule has 9 heteroatoms. The molecule has 0 aliphatic rings. The summed E-state index contributed by atoms with van der Waals surface area (Å²) in [5, 5.41) is 17.7. The summed E-state index contributed by atoms with van der Waals surface area (Å²) in [5.41, 5.74) is 0.906. The quantitative estimate of drug-likeness (QED) is 0.419. The predicted octanol–water partition coefficient (Wildman–Crippen LogP) is 1.79. The van der Waals surface area contributed by atoms with Crippen LogP contribution in [-0.4, -0.2) is 31.6 Å². The topological polar surface area (TPSA) is 87.0 Å². The highest BCUT2D eigenvalue weighted by Gasteiger charge is 2.10. The molecule has 0 fully saturated rings. The number of unbranched alkanes of at least 4 members (excludes halogenated alkanes) is 1. The minimum Gasteiger partial charge on any atom is -1.00 e. The standard InChI is InChI=1S/C22H24N6O2.ClH/c1-4-5-10-29-18-11-15(2)22(23-14-18)30-17-7-6-16-13-24-26-21(19(16)12-17)25-20-8-9-28(3)27-20;/h6-9,11-14H,4-5,10H2,1-3H3,(H,25,26,27);1H/p-1. The number of aromatic nitrogens is 5. The molecule has 1 aromatic carbocycles. The van der Waals surface area contributed by atoms with Crippen LogP contribution in [0.4, 0.5) is 11.6 Å². The van der Waals surface area contributed by atoms with Crippen LogP contribution >= 0.6 is 0 Å². The fraction of sp³-hybridized carbons (Fsp3) is 0.273. The van der Waals surface area contributed by atoms with Crippen LogP contribution in [0, 0.1) is 6.92 Å². The van der Waals surface area contributed by atoms with E-state index in [0.29, 0.717) is 29.9 Å². The molecule has 0 saturated heterocycles. The molecule has 0 amide bonds. The number of hydrogen-bond donors (Lipinski definition) is 1. The average molecular weight is 440 g/mol. The normalized spacial score (nSPS) is 10.5. The van der Waals surface area contributed by atoms with Gasteiger partial charge in [-0.3, -0.25) is 4.68 Å². The molecule has 0 atom stereocenters. The summed E-state index contributed by atoms with van der Waals surface area (Å²) in [4.78, 5) is 4.42. The highest BCUT2D eigenvalue weighted by atomic mass is 35.5. The minimum atomic E-state index is 0. The third-order valence-corrected chi connectivity index (χ3v) is 4.58. The van der Waals surface area contributed by atoms with Gasteiger partial charge >= 0.3 is 0 Å². The van der Waals surface area contributed by atoms with Gasteiger partial charge in [0.05, 0.1) is 19.0 Å². The smallest absolute Gasteiger partial charge is 0.222 e. The monoisotopic (exact) mass is 439 g/mol. The number of benzene rings is 1. The number of nitrogens with zero attached hydrogens (tertiary/aromatic N) is 5. The van der Waals surface area contributed by atoms with Gasteiger partial charge in [-0.2, -0.15) is 10.2 Å². The third kappa shape index (κ3) is 5.40. The van der Waals surface area contributed by atoms with E-state index >= 15 is 0 Å². The maximum atomic E-state index is 6.04. The van der Waals surface area contributed by atoms with Gasteiger partial charge in [0.15, 0.2) is 11.6 Å². The van der Waals surface area contributed by atoms with E-state index in [1.807, 2.05) is 50.5 Å². The van der Waals surface area contributed by atoms with Crippen molar-refractivity contribution in [3.8, 4) is 17.4 Å². The number of aryl methyl sites for hydroxylation is 2. The molecule has 31 heavy (non-hydrogen) atoms.